The first-order valence-electron chi connectivity index (χ1n) is 10.0. The van der Waals surface area contributed by atoms with Crippen molar-refractivity contribution in [1.82, 2.24) is 0 Å². The summed E-state index contributed by atoms with van der Waals surface area (Å²) in [4.78, 5) is 24.7. The maximum Gasteiger partial charge on any atom is 0.338 e. The first kappa shape index (κ1) is 19.6. The van der Waals surface area contributed by atoms with E-state index in [1.165, 1.54) is 0 Å². The largest absolute Gasteiger partial charge is 0.462 e. The van der Waals surface area contributed by atoms with E-state index in [1.54, 1.807) is 12.1 Å². The molecular formula is C26H22O4. The van der Waals surface area contributed by atoms with E-state index in [0.717, 1.165) is 22.3 Å². The number of hydrogen-bond acceptors (Lipinski definition) is 4. The zero-order valence-electron chi connectivity index (χ0n) is 16.5. The second kappa shape index (κ2) is 9.23. The molecule has 0 atom stereocenters. The van der Waals surface area contributed by atoms with Gasteiger partial charge in [-0.15, -0.1) is 0 Å². The molecule has 4 aliphatic rings. The van der Waals surface area contributed by atoms with Crippen LogP contribution in [0.25, 0.3) is 22.3 Å². The van der Waals surface area contributed by atoms with Gasteiger partial charge in [0, 0.05) is 0 Å². The summed E-state index contributed by atoms with van der Waals surface area (Å²) in [5, 5.41) is 0. The number of unbranched alkanes of at least 4 members (excludes halogenated alkanes) is 1. The van der Waals surface area contributed by atoms with Crippen LogP contribution in [-0.2, 0) is 9.47 Å². The van der Waals surface area contributed by atoms with E-state index in [2.05, 4.69) is 0 Å². The standard InChI is InChI=1S/C26H22O4/c27-25(23-15-13-19-9-3-1-5-11-21(19)23)29-17-7-8-18-30-26(28)24-16-14-20-10-4-2-6-12-22(20)24/h1-6,9-16H,7-8,17-18H2. The third kappa shape index (κ3) is 4.33. The molecule has 0 amide bonds. The van der Waals surface area contributed by atoms with E-state index >= 15 is 0 Å². The minimum atomic E-state index is -0.329. The average Bonchev–Trinajstić information content (AvgIpc) is 3.16. The summed E-state index contributed by atoms with van der Waals surface area (Å²) in [6, 6.07) is 26.7. The molecule has 0 aromatic heterocycles. The molecule has 0 spiro atoms. The van der Waals surface area contributed by atoms with Gasteiger partial charge in [0.1, 0.15) is 0 Å². The number of esters is 2. The Balaban J connectivity index is 1.21. The highest BCUT2D eigenvalue weighted by molar-refractivity contribution is 5.99. The lowest BCUT2D eigenvalue weighted by molar-refractivity contribution is 0.0434. The molecule has 0 aromatic rings. The molecule has 0 aliphatic heterocycles. The van der Waals surface area contributed by atoms with Crippen molar-refractivity contribution in [2.24, 2.45) is 0 Å². The van der Waals surface area contributed by atoms with Crippen LogP contribution in [0.2, 0.25) is 0 Å². The van der Waals surface area contributed by atoms with Gasteiger partial charge in [-0.2, -0.15) is 0 Å². The van der Waals surface area contributed by atoms with Crippen LogP contribution in [0.4, 0.5) is 0 Å². The molecule has 0 saturated heterocycles. The molecule has 0 fully saturated rings. The fourth-order valence-corrected chi connectivity index (χ4v) is 3.47. The molecule has 30 heavy (non-hydrogen) atoms. The molecular weight excluding hydrogens is 376 g/mol. The summed E-state index contributed by atoms with van der Waals surface area (Å²) in [6.45, 7) is 0.578. The van der Waals surface area contributed by atoms with Crippen molar-refractivity contribution in [3.63, 3.8) is 0 Å². The van der Waals surface area contributed by atoms with Crippen LogP contribution in [0.5, 0.6) is 0 Å². The second-order valence-corrected chi connectivity index (χ2v) is 7.03. The Bertz CT molecular complexity index is 1010. The number of hydrogen-bond donors (Lipinski definition) is 0. The van der Waals surface area contributed by atoms with E-state index in [4.69, 9.17) is 9.47 Å². The number of rotatable bonds is 7. The molecule has 150 valence electrons. The minimum absolute atomic E-state index is 0.289. The van der Waals surface area contributed by atoms with E-state index in [1.807, 2.05) is 72.8 Å². The maximum atomic E-state index is 12.4. The predicted molar refractivity (Wildman–Crippen MR) is 116 cm³/mol. The molecule has 4 nitrogen and oxygen atoms in total. The monoisotopic (exact) mass is 398 g/mol. The van der Waals surface area contributed by atoms with Crippen molar-refractivity contribution in [2.45, 2.75) is 12.8 Å². The molecule has 4 aliphatic carbocycles. The molecule has 0 N–H and O–H groups in total. The van der Waals surface area contributed by atoms with Crippen molar-refractivity contribution in [2.75, 3.05) is 13.2 Å². The lowest BCUT2D eigenvalue weighted by atomic mass is 10.1. The fourth-order valence-electron chi connectivity index (χ4n) is 3.47. The van der Waals surface area contributed by atoms with E-state index in [0.29, 0.717) is 24.0 Å². The van der Waals surface area contributed by atoms with Gasteiger partial charge in [-0.1, -0.05) is 72.8 Å². The Morgan fingerprint density at radius 2 is 0.967 bits per heavy atom. The maximum absolute atomic E-state index is 12.4. The van der Waals surface area contributed by atoms with Gasteiger partial charge in [-0.05, 0) is 47.2 Å². The third-order valence-corrected chi connectivity index (χ3v) is 5.03. The Kier molecular flexibility index (Phi) is 6.04. The number of fused-ring (bicyclic) bond motifs is 2. The lowest BCUT2D eigenvalue weighted by Gasteiger charge is -2.07. The normalized spacial score (nSPS) is 10.8. The van der Waals surface area contributed by atoms with Gasteiger partial charge in [0.05, 0.1) is 24.3 Å². The SMILES string of the molecule is O=C(OCCCCOC(=O)c1ccc2cccccc1-2)c1ccc2cccccc1-2. The van der Waals surface area contributed by atoms with Crippen LogP contribution in [0.15, 0.2) is 84.9 Å². The number of ether oxygens (including phenoxy) is 2. The van der Waals surface area contributed by atoms with Gasteiger partial charge in [-0.3, -0.25) is 0 Å². The molecule has 0 bridgehead atoms. The zero-order chi connectivity index (χ0) is 20.8. The van der Waals surface area contributed by atoms with Crippen LogP contribution in [0, 0.1) is 0 Å². The highest BCUT2D eigenvalue weighted by Crippen LogP contribution is 2.28. The van der Waals surface area contributed by atoms with E-state index in [-0.39, 0.29) is 25.2 Å². The molecule has 0 unspecified atom stereocenters. The highest BCUT2D eigenvalue weighted by Gasteiger charge is 2.17. The van der Waals surface area contributed by atoms with Crippen molar-refractivity contribution >= 4 is 11.9 Å². The predicted octanol–water partition coefficient (Wildman–Crippen LogP) is 5.69. The topological polar surface area (TPSA) is 52.6 Å². The van der Waals surface area contributed by atoms with Gasteiger partial charge in [0.2, 0.25) is 0 Å². The van der Waals surface area contributed by atoms with Crippen molar-refractivity contribution < 1.29 is 19.1 Å². The Labute approximate surface area is 175 Å². The Hall–Kier alpha value is -3.66. The highest BCUT2D eigenvalue weighted by atomic mass is 16.5. The third-order valence-electron chi connectivity index (χ3n) is 5.03. The summed E-state index contributed by atoms with van der Waals surface area (Å²) in [6.07, 6.45) is 1.25. The van der Waals surface area contributed by atoms with Crippen LogP contribution in [0.1, 0.15) is 33.6 Å². The van der Waals surface area contributed by atoms with Gasteiger partial charge in [0.15, 0.2) is 0 Å². The first-order chi connectivity index (χ1) is 14.7. The fraction of sp³-hybridized carbons (Fsp3) is 0.154. The average molecular weight is 398 g/mol. The summed E-state index contributed by atoms with van der Waals surface area (Å²) in [5.74, 6) is -0.659. The molecule has 0 heterocycles. The zero-order valence-corrected chi connectivity index (χ0v) is 16.5. The van der Waals surface area contributed by atoms with Gasteiger partial charge >= 0.3 is 11.9 Å². The Morgan fingerprint density at radius 3 is 1.43 bits per heavy atom. The second-order valence-electron chi connectivity index (χ2n) is 7.03. The number of carbonyl (C=O) groups is 2. The Morgan fingerprint density at radius 1 is 0.533 bits per heavy atom. The van der Waals surface area contributed by atoms with Gasteiger partial charge < -0.3 is 9.47 Å². The van der Waals surface area contributed by atoms with Gasteiger partial charge in [0.25, 0.3) is 0 Å². The van der Waals surface area contributed by atoms with E-state index < -0.39 is 0 Å². The van der Waals surface area contributed by atoms with Crippen molar-refractivity contribution in [1.29, 1.82) is 0 Å². The molecule has 4 heteroatoms. The summed E-state index contributed by atoms with van der Waals surface area (Å²) in [7, 11) is 0. The van der Waals surface area contributed by atoms with E-state index in [9.17, 15) is 9.59 Å². The van der Waals surface area contributed by atoms with Crippen LogP contribution >= 0.6 is 0 Å². The van der Waals surface area contributed by atoms with Gasteiger partial charge in [-0.25, -0.2) is 9.59 Å². The molecule has 0 saturated carbocycles. The van der Waals surface area contributed by atoms with Crippen molar-refractivity contribution in [3.05, 3.63) is 96.1 Å². The van der Waals surface area contributed by atoms with Crippen LogP contribution in [0.3, 0.4) is 0 Å². The minimum Gasteiger partial charge on any atom is -0.462 e. The lowest BCUT2D eigenvalue weighted by Crippen LogP contribution is -2.09. The molecule has 0 aromatic carbocycles. The summed E-state index contributed by atoms with van der Waals surface area (Å²) < 4.78 is 10.8. The van der Waals surface area contributed by atoms with Crippen molar-refractivity contribution in [3.8, 4) is 22.3 Å². The summed E-state index contributed by atoms with van der Waals surface area (Å²) >= 11 is 0. The van der Waals surface area contributed by atoms with Crippen LogP contribution < -0.4 is 0 Å². The molecule has 4 rings (SSSR count). The number of carbonyl (C=O) groups excluding carboxylic acids is 2. The quantitative estimate of drug-likeness (QED) is 0.296. The molecule has 0 radical (unpaired) electrons. The smallest absolute Gasteiger partial charge is 0.338 e. The summed E-state index contributed by atoms with van der Waals surface area (Å²) in [5.41, 5.74) is 4.93. The van der Waals surface area contributed by atoms with Crippen LogP contribution in [-0.4, -0.2) is 25.2 Å². The first-order valence-corrected chi connectivity index (χ1v) is 10.0.